The number of aliphatic carboxylic acids is 1. The van der Waals surface area contributed by atoms with E-state index in [9.17, 15) is 9.59 Å². The second-order valence-corrected chi connectivity index (χ2v) is 5.38. The first-order valence-electron chi connectivity index (χ1n) is 7.46. The molecule has 3 N–H and O–H groups in total. The second-order valence-electron chi connectivity index (χ2n) is 5.38. The van der Waals surface area contributed by atoms with Crippen LogP contribution in [0.5, 0.6) is 0 Å². The van der Waals surface area contributed by atoms with E-state index in [-0.39, 0.29) is 18.2 Å². The Bertz CT molecular complexity index is 502. The number of unbranched alkanes of at least 4 members (excludes halogenated alkanes) is 2. The molecular weight excluding hydrogens is 268 g/mol. The molecule has 1 aromatic rings. The molecule has 0 aliphatic carbocycles. The van der Waals surface area contributed by atoms with Crippen molar-refractivity contribution in [2.24, 2.45) is 0 Å². The molecule has 0 saturated heterocycles. The van der Waals surface area contributed by atoms with E-state index in [1.807, 2.05) is 24.3 Å². The van der Waals surface area contributed by atoms with Gasteiger partial charge in [-0.15, -0.1) is 0 Å². The molecule has 0 aromatic heterocycles. The van der Waals surface area contributed by atoms with Crippen LogP contribution in [-0.4, -0.2) is 30.1 Å². The van der Waals surface area contributed by atoms with Gasteiger partial charge in [0.15, 0.2) is 0 Å². The van der Waals surface area contributed by atoms with Gasteiger partial charge in [-0.1, -0.05) is 30.7 Å². The van der Waals surface area contributed by atoms with E-state index < -0.39 is 5.97 Å². The van der Waals surface area contributed by atoms with Crippen molar-refractivity contribution in [2.45, 2.75) is 38.1 Å². The number of carbonyl (C=O) groups excluding carboxylic acids is 1. The van der Waals surface area contributed by atoms with E-state index in [0.29, 0.717) is 19.5 Å². The third-order valence-electron chi connectivity index (χ3n) is 3.78. The minimum atomic E-state index is -0.760. The zero-order chi connectivity index (χ0) is 15.1. The number of nitrogens with one attached hydrogen (secondary N) is 2. The van der Waals surface area contributed by atoms with Crippen LogP contribution >= 0.6 is 0 Å². The quantitative estimate of drug-likeness (QED) is 0.667. The Morgan fingerprint density at radius 2 is 2.05 bits per heavy atom. The number of amides is 1. The lowest BCUT2D eigenvalue weighted by Gasteiger charge is -2.25. The lowest BCUT2D eigenvalue weighted by molar-refractivity contribution is -0.137. The van der Waals surface area contributed by atoms with Crippen LogP contribution in [0.2, 0.25) is 0 Å². The fourth-order valence-electron chi connectivity index (χ4n) is 2.64. The molecule has 114 valence electrons. The van der Waals surface area contributed by atoms with Crippen LogP contribution in [0.3, 0.4) is 0 Å². The Balaban J connectivity index is 1.76. The average molecular weight is 290 g/mol. The summed E-state index contributed by atoms with van der Waals surface area (Å²) in [5.74, 6) is -0.842. The number of benzene rings is 1. The topological polar surface area (TPSA) is 78.4 Å². The summed E-state index contributed by atoms with van der Waals surface area (Å²) in [6.07, 6.45) is 2.51. The molecule has 0 spiro atoms. The lowest BCUT2D eigenvalue weighted by Crippen LogP contribution is -2.39. The number of hydrogen-bond donors (Lipinski definition) is 3. The first-order chi connectivity index (χ1) is 10.2. The van der Waals surface area contributed by atoms with Gasteiger partial charge in [0.25, 0.3) is 0 Å². The summed E-state index contributed by atoms with van der Waals surface area (Å²) in [5, 5.41) is 14.8. The zero-order valence-electron chi connectivity index (χ0n) is 12.1. The molecule has 0 radical (unpaired) electrons. The minimum Gasteiger partial charge on any atom is -0.481 e. The first-order valence-corrected chi connectivity index (χ1v) is 7.46. The molecule has 1 atom stereocenters. The molecule has 5 heteroatoms. The van der Waals surface area contributed by atoms with Gasteiger partial charge in [0.1, 0.15) is 0 Å². The van der Waals surface area contributed by atoms with Gasteiger partial charge in [-0.2, -0.15) is 0 Å². The van der Waals surface area contributed by atoms with Crippen molar-refractivity contribution in [2.75, 3.05) is 13.1 Å². The Kier molecular flexibility index (Phi) is 5.75. The highest BCUT2D eigenvalue weighted by atomic mass is 16.4. The van der Waals surface area contributed by atoms with E-state index in [1.54, 1.807) is 0 Å². The van der Waals surface area contributed by atoms with Crippen LogP contribution in [0, 0.1) is 0 Å². The molecule has 5 nitrogen and oxygen atoms in total. The van der Waals surface area contributed by atoms with Crippen LogP contribution in [0.15, 0.2) is 24.3 Å². The van der Waals surface area contributed by atoms with Gasteiger partial charge < -0.3 is 15.7 Å². The number of rotatable bonds is 7. The van der Waals surface area contributed by atoms with Gasteiger partial charge in [-0.3, -0.25) is 9.59 Å². The van der Waals surface area contributed by atoms with Crippen LogP contribution in [-0.2, 0) is 16.1 Å². The van der Waals surface area contributed by atoms with E-state index in [0.717, 1.165) is 24.9 Å². The third kappa shape index (κ3) is 4.56. The molecule has 1 heterocycles. The summed E-state index contributed by atoms with van der Waals surface area (Å²) in [5.41, 5.74) is 2.30. The fourth-order valence-corrected chi connectivity index (χ4v) is 2.64. The van der Waals surface area contributed by atoms with Crippen LogP contribution in [0.4, 0.5) is 0 Å². The number of hydrogen-bond acceptors (Lipinski definition) is 3. The van der Waals surface area contributed by atoms with E-state index >= 15 is 0 Å². The van der Waals surface area contributed by atoms with Crippen LogP contribution < -0.4 is 10.6 Å². The average Bonchev–Trinajstić information content (AvgIpc) is 2.49. The molecule has 1 aromatic carbocycles. The smallest absolute Gasteiger partial charge is 0.303 e. The second kappa shape index (κ2) is 7.78. The summed E-state index contributed by atoms with van der Waals surface area (Å²) in [6.45, 7) is 2.09. The fraction of sp³-hybridized carbons (Fsp3) is 0.500. The highest BCUT2D eigenvalue weighted by Crippen LogP contribution is 2.23. The third-order valence-corrected chi connectivity index (χ3v) is 3.78. The van der Waals surface area contributed by atoms with Gasteiger partial charge in [0.2, 0.25) is 5.91 Å². The maximum Gasteiger partial charge on any atom is 0.303 e. The summed E-state index contributed by atoms with van der Waals surface area (Å²) in [6, 6.07) is 8.03. The Morgan fingerprint density at radius 3 is 2.86 bits per heavy atom. The van der Waals surface area contributed by atoms with Gasteiger partial charge in [0, 0.05) is 26.1 Å². The van der Waals surface area contributed by atoms with Crippen LogP contribution in [0.25, 0.3) is 0 Å². The Hall–Kier alpha value is -1.88. The number of fused-ring (bicyclic) bond motifs is 1. The van der Waals surface area contributed by atoms with Gasteiger partial charge in [-0.05, 0) is 24.0 Å². The highest BCUT2D eigenvalue weighted by molar-refractivity contribution is 5.84. The molecule has 0 saturated carbocycles. The predicted octanol–water partition coefficient (Wildman–Crippen LogP) is 1.63. The van der Waals surface area contributed by atoms with E-state index in [4.69, 9.17) is 5.11 Å². The molecule has 0 fully saturated rings. The van der Waals surface area contributed by atoms with Crippen molar-refractivity contribution in [3.8, 4) is 0 Å². The van der Waals surface area contributed by atoms with Crippen molar-refractivity contribution in [3.63, 3.8) is 0 Å². The summed E-state index contributed by atoms with van der Waals surface area (Å²) >= 11 is 0. The first kappa shape index (κ1) is 15.5. The highest BCUT2D eigenvalue weighted by Gasteiger charge is 2.25. The minimum absolute atomic E-state index is 0.0490. The monoisotopic (exact) mass is 290 g/mol. The van der Waals surface area contributed by atoms with Crippen LogP contribution in [0.1, 0.15) is 42.7 Å². The summed E-state index contributed by atoms with van der Waals surface area (Å²) in [4.78, 5) is 22.6. The summed E-state index contributed by atoms with van der Waals surface area (Å²) in [7, 11) is 0. The van der Waals surface area contributed by atoms with Crippen molar-refractivity contribution in [1.29, 1.82) is 0 Å². The Morgan fingerprint density at radius 1 is 1.24 bits per heavy atom. The van der Waals surface area contributed by atoms with Gasteiger partial charge >= 0.3 is 5.97 Å². The molecule has 2 rings (SSSR count). The van der Waals surface area contributed by atoms with Gasteiger partial charge in [-0.25, -0.2) is 0 Å². The molecule has 1 aliphatic heterocycles. The largest absolute Gasteiger partial charge is 0.481 e. The standard InChI is InChI=1S/C16H22N2O3/c19-15(20)8-2-1-5-9-18-16(21)14-11-17-10-12-6-3-4-7-13(12)14/h3-4,6-7,14,17H,1-2,5,8-11H2,(H,18,21)(H,19,20). The predicted molar refractivity (Wildman–Crippen MR) is 80.0 cm³/mol. The van der Waals surface area contributed by atoms with Gasteiger partial charge in [0.05, 0.1) is 5.92 Å². The molecule has 1 unspecified atom stereocenters. The molecule has 1 aliphatic rings. The van der Waals surface area contributed by atoms with E-state index in [1.165, 1.54) is 5.56 Å². The van der Waals surface area contributed by atoms with Crippen molar-refractivity contribution in [3.05, 3.63) is 35.4 Å². The lowest BCUT2D eigenvalue weighted by atomic mass is 9.90. The molecular formula is C16H22N2O3. The normalized spacial score (nSPS) is 17.0. The Labute approximate surface area is 124 Å². The molecule has 21 heavy (non-hydrogen) atoms. The van der Waals surface area contributed by atoms with Crippen molar-refractivity contribution >= 4 is 11.9 Å². The summed E-state index contributed by atoms with van der Waals surface area (Å²) < 4.78 is 0. The van der Waals surface area contributed by atoms with Crippen molar-refractivity contribution < 1.29 is 14.7 Å². The number of carbonyl (C=O) groups is 2. The maximum atomic E-state index is 12.3. The maximum absolute atomic E-state index is 12.3. The molecule has 1 amide bonds. The number of carboxylic acids is 1. The van der Waals surface area contributed by atoms with Crippen molar-refractivity contribution in [1.82, 2.24) is 10.6 Å². The molecule has 0 bridgehead atoms. The van der Waals surface area contributed by atoms with E-state index in [2.05, 4.69) is 10.6 Å². The number of carboxylic acid groups (broad SMARTS) is 1. The SMILES string of the molecule is O=C(O)CCCCCNC(=O)C1CNCc2ccccc21. The zero-order valence-corrected chi connectivity index (χ0v) is 12.1.